The third-order valence-electron chi connectivity index (χ3n) is 7.35. The van der Waals surface area contributed by atoms with Crippen LogP contribution in [-0.2, 0) is 6.42 Å². The maximum Gasteiger partial charge on any atom is 0.336 e. The Morgan fingerprint density at radius 3 is 2.64 bits per heavy atom. The average Bonchev–Trinajstić information content (AvgIpc) is 3.13. The number of hydrogen-bond acceptors (Lipinski definition) is 2. The summed E-state index contributed by atoms with van der Waals surface area (Å²) in [5, 5.41) is 1.28. The summed E-state index contributed by atoms with van der Waals surface area (Å²) in [4.78, 5) is 17.4. The molecule has 2 heterocycles. The fourth-order valence-electron chi connectivity index (χ4n) is 5.63. The summed E-state index contributed by atoms with van der Waals surface area (Å²) < 4.78 is 1.95. The molecule has 1 aromatic heterocycles. The smallest absolute Gasteiger partial charge is 0.324 e. The summed E-state index contributed by atoms with van der Waals surface area (Å²) in [5.41, 5.74) is 8.77. The number of hydrogen-bond donors (Lipinski definition) is 1. The van der Waals surface area contributed by atoms with E-state index in [-0.39, 0.29) is 6.03 Å². The van der Waals surface area contributed by atoms with Gasteiger partial charge in [-0.2, -0.15) is 0 Å². The highest BCUT2D eigenvalue weighted by molar-refractivity contribution is 5.94. The van der Waals surface area contributed by atoms with Gasteiger partial charge in [-0.1, -0.05) is 36.3 Å². The molecule has 1 aliphatic heterocycles. The molecule has 1 saturated heterocycles. The molecular formula is C28H32N4O. The first-order chi connectivity index (χ1) is 16.1. The standard InChI is InChI=1S/C28H32N4O/c1-4-31(5-2)28(33)29-32-24(17-16-20-11-7-6-8-12-20)23-19-26-21(14-10-18-30(26)3)22-13-9-15-25(32)27(22)23/h6-9,11-13,15,21,26H,4-5,10,14,18-19H2,1-3H3,(H,29,33)/t21-,26-/m1/s1. The number of rotatable bonds is 3. The molecule has 2 aliphatic rings. The largest absolute Gasteiger partial charge is 0.336 e. The Morgan fingerprint density at radius 2 is 1.88 bits per heavy atom. The van der Waals surface area contributed by atoms with Crippen LogP contribution in [0.25, 0.3) is 10.9 Å². The van der Waals surface area contributed by atoms with Gasteiger partial charge in [0, 0.05) is 36.0 Å². The zero-order valence-corrected chi connectivity index (χ0v) is 19.8. The zero-order chi connectivity index (χ0) is 22.9. The van der Waals surface area contributed by atoms with E-state index < -0.39 is 0 Å². The van der Waals surface area contributed by atoms with Crippen LogP contribution in [0, 0.1) is 11.8 Å². The molecule has 5 rings (SSSR count). The molecule has 2 atom stereocenters. The number of carbonyl (C=O) groups is 1. The summed E-state index contributed by atoms with van der Waals surface area (Å²) >= 11 is 0. The Hall–Kier alpha value is -3.23. The van der Waals surface area contributed by atoms with Crippen molar-refractivity contribution in [3.8, 4) is 11.8 Å². The van der Waals surface area contributed by atoms with Crippen molar-refractivity contribution in [2.75, 3.05) is 32.1 Å². The molecule has 0 spiro atoms. The predicted octanol–water partition coefficient (Wildman–Crippen LogP) is 4.78. The van der Waals surface area contributed by atoms with E-state index in [1.807, 2.05) is 48.9 Å². The Kier molecular flexibility index (Phi) is 5.86. The third-order valence-corrected chi connectivity index (χ3v) is 7.35. The molecule has 0 radical (unpaired) electrons. The molecular weight excluding hydrogens is 408 g/mol. The Balaban J connectivity index is 1.69. The minimum atomic E-state index is -0.0922. The highest BCUT2D eigenvalue weighted by Crippen LogP contribution is 2.44. The summed E-state index contributed by atoms with van der Waals surface area (Å²) in [6, 6.07) is 17.0. The summed E-state index contributed by atoms with van der Waals surface area (Å²) in [7, 11) is 2.25. The van der Waals surface area contributed by atoms with E-state index in [0.717, 1.165) is 29.7 Å². The fourth-order valence-corrected chi connectivity index (χ4v) is 5.63. The number of carbonyl (C=O) groups excluding carboxylic acids is 1. The van der Waals surface area contributed by atoms with Crippen molar-refractivity contribution in [1.82, 2.24) is 14.5 Å². The summed E-state index contributed by atoms with van der Waals surface area (Å²) in [6.45, 7) is 6.48. The first kappa shape index (κ1) is 21.6. The van der Waals surface area contributed by atoms with Crippen LogP contribution >= 0.6 is 0 Å². The molecule has 3 aromatic rings. The van der Waals surface area contributed by atoms with E-state index in [9.17, 15) is 4.79 Å². The number of amides is 2. The topological polar surface area (TPSA) is 40.5 Å². The number of aromatic nitrogens is 1. The fraction of sp³-hybridized carbons (Fsp3) is 0.393. The van der Waals surface area contributed by atoms with Crippen molar-refractivity contribution >= 4 is 16.9 Å². The van der Waals surface area contributed by atoms with Crippen LogP contribution in [0.2, 0.25) is 0 Å². The van der Waals surface area contributed by atoms with Gasteiger partial charge in [-0.25, -0.2) is 14.9 Å². The van der Waals surface area contributed by atoms with Crippen LogP contribution in [-0.4, -0.2) is 53.2 Å². The van der Waals surface area contributed by atoms with Crippen LogP contribution in [0.1, 0.15) is 55.0 Å². The molecule has 0 bridgehead atoms. The lowest BCUT2D eigenvalue weighted by molar-refractivity contribution is 0.157. The van der Waals surface area contributed by atoms with E-state index in [4.69, 9.17) is 0 Å². The van der Waals surface area contributed by atoms with E-state index in [1.54, 1.807) is 4.90 Å². The van der Waals surface area contributed by atoms with Crippen molar-refractivity contribution in [3.63, 3.8) is 0 Å². The van der Waals surface area contributed by atoms with E-state index in [2.05, 4.69) is 47.4 Å². The Morgan fingerprint density at radius 1 is 1.09 bits per heavy atom. The molecule has 2 aromatic carbocycles. The maximum atomic E-state index is 13.1. The monoisotopic (exact) mass is 440 g/mol. The quantitative estimate of drug-likeness (QED) is 0.596. The maximum absolute atomic E-state index is 13.1. The van der Waals surface area contributed by atoms with Crippen LogP contribution in [0.4, 0.5) is 4.79 Å². The second kappa shape index (κ2) is 8.96. The molecule has 33 heavy (non-hydrogen) atoms. The summed E-state index contributed by atoms with van der Waals surface area (Å²) in [6.07, 6.45) is 3.40. The first-order valence-corrected chi connectivity index (χ1v) is 12.1. The van der Waals surface area contributed by atoms with Crippen LogP contribution in [0.3, 0.4) is 0 Å². The SMILES string of the molecule is CCN(CC)C(=O)Nn1c(C#Cc2ccccc2)c2c3c(cccc31)[C@H]1CCCN(C)[C@@H]1C2. The molecule has 5 nitrogen and oxygen atoms in total. The highest BCUT2D eigenvalue weighted by atomic mass is 16.2. The van der Waals surface area contributed by atoms with Gasteiger partial charge in [0.2, 0.25) is 0 Å². The molecule has 1 aliphatic carbocycles. The number of benzene rings is 2. The first-order valence-electron chi connectivity index (χ1n) is 12.1. The van der Waals surface area contributed by atoms with Crippen molar-refractivity contribution in [1.29, 1.82) is 0 Å². The van der Waals surface area contributed by atoms with Crippen LogP contribution < -0.4 is 5.43 Å². The second-order valence-corrected chi connectivity index (χ2v) is 9.11. The average molecular weight is 441 g/mol. The Bertz CT molecular complexity index is 1230. The zero-order valence-electron chi connectivity index (χ0n) is 19.8. The Labute approximate surface area is 196 Å². The van der Waals surface area contributed by atoms with Crippen LogP contribution in [0.5, 0.6) is 0 Å². The van der Waals surface area contributed by atoms with Gasteiger partial charge in [-0.3, -0.25) is 0 Å². The second-order valence-electron chi connectivity index (χ2n) is 9.11. The highest BCUT2D eigenvalue weighted by Gasteiger charge is 2.38. The number of urea groups is 1. The molecule has 5 heteroatoms. The molecule has 1 N–H and O–H groups in total. The molecule has 1 fully saturated rings. The lowest BCUT2D eigenvalue weighted by Gasteiger charge is -2.42. The van der Waals surface area contributed by atoms with Gasteiger partial charge in [-0.05, 0) is 81.9 Å². The van der Waals surface area contributed by atoms with Gasteiger partial charge < -0.3 is 9.80 Å². The van der Waals surface area contributed by atoms with Gasteiger partial charge in [-0.15, -0.1) is 0 Å². The van der Waals surface area contributed by atoms with E-state index >= 15 is 0 Å². The number of piperidine rings is 1. The lowest BCUT2D eigenvalue weighted by atomic mass is 9.75. The van der Waals surface area contributed by atoms with Crippen molar-refractivity contribution in [2.24, 2.45) is 0 Å². The molecule has 2 amide bonds. The van der Waals surface area contributed by atoms with Gasteiger partial charge in [0.05, 0.1) is 5.52 Å². The van der Waals surface area contributed by atoms with Crippen molar-refractivity contribution in [2.45, 2.75) is 45.1 Å². The van der Waals surface area contributed by atoms with Gasteiger partial charge in [0.1, 0.15) is 5.69 Å². The molecule has 170 valence electrons. The summed E-state index contributed by atoms with van der Waals surface area (Å²) in [5.74, 6) is 7.33. The number of fused-ring (bicyclic) bond motifs is 2. The molecule has 0 saturated carbocycles. The van der Waals surface area contributed by atoms with Gasteiger partial charge in [0.25, 0.3) is 0 Å². The predicted molar refractivity (Wildman–Crippen MR) is 134 cm³/mol. The number of likely N-dealkylation sites (N-methyl/N-ethyl adjacent to an activating group) is 1. The van der Waals surface area contributed by atoms with Crippen molar-refractivity contribution < 1.29 is 4.79 Å². The minimum Gasteiger partial charge on any atom is -0.324 e. The van der Waals surface area contributed by atoms with Crippen molar-refractivity contribution in [3.05, 3.63) is 70.9 Å². The molecule has 0 unspecified atom stereocenters. The number of likely N-dealkylation sites (tertiary alicyclic amines) is 1. The number of nitrogens with one attached hydrogen (secondary N) is 1. The van der Waals surface area contributed by atoms with E-state index in [1.165, 1.54) is 29.4 Å². The third kappa shape index (κ3) is 3.79. The van der Waals surface area contributed by atoms with Gasteiger partial charge >= 0.3 is 6.03 Å². The van der Waals surface area contributed by atoms with Gasteiger partial charge in [0.15, 0.2) is 0 Å². The lowest BCUT2D eigenvalue weighted by Crippen LogP contribution is -2.44. The number of nitrogens with zero attached hydrogens (tertiary/aromatic N) is 3. The van der Waals surface area contributed by atoms with E-state index in [0.29, 0.717) is 25.0 Å². The minimum absolute atomic E-state index is 0.0922. The normalized spacial score (nSPS) is 19.5. The van der Waals surface area contributed by atoms with Crippen LogP contribution in [0.15, 0.2) is 48.5 Å².